The number of pyridine rings is 1. The Balaban J connectivity index is 2.79. The molecule has 0 amide bonds. The van der Waals surface area contributed by atoms with Gasteiger partial charge < -0.3 is 0 Å². The Labute approximate surface area is 69.1 Å². The molecule has 2 nitrogen and oxygen atoms in total. The number of hydrogen-bond acceptors (Lipinski definition) is 3. The third kappa shape index (κ3) is 1.01. The van der Waals surface area contributed by atoms with Gasteiger partial charge in [-0.2, -0.15) is 4.37 Å². The fourth-order valence-electron chi connectivity index (χ4n) is 1.13. The van der Waals surface area contributed by atoms with E-state index in [9.17, 15) is 0 Å². The van der Waals surface area contributed by atoms with E-state index in [2.05, 4.69) is 16.3 Å². The molecule has 11 heavy (non-hydrogen) atoms. The van der Waals surface area contributed by atoms with Gasteiger partial charge in [-0.25, -0.2) is 0 Å². The van der Waals surface area contributed by atoms with E-state index >= 15 is 0 Å². The molecule has 0 unspecified atom stereocenters. The van der Waals surface area contributed by atoms with Crippen molar-refractivity contribution in [1.82, 2.24) is 9.36 Å². The highest BCUT2D eigenvalue weighted by Gasteiger charge is 2.00. The Morgan fingerprint density at radius 1 is 1.55 bits per heavy atom. The quantitative estimate of drug-likeness (QED) is 0.646. The first-order valence-electron chi connectivity index (χ1n) is 3.60. The number of hydrogen-bond donors (Lipinski definition) is 0. The smallest absolute Gasteiger partial charge is 0.0583 e. The van der Waals surface area contributed by atoms with Gasteiger partial charge in [-0.15, -0.1) is 0 Å². The van der Waals surface area contributed by atoms with Crippen molar-refractivity contribution < 1.29 is 0 Å². The summed E-state index contributed by atoms with van der Waals surface area (Å²) in [6, 6.07) is 2.01. The van der Waals surface area contributed by atoms with Gasteiger partial charge in [-0.1, -0.05) is 6.92 Å². The van der Waals surface area contributed by atoms with Crippen LogP contribution >= 0.6 is 11.5 Å². The van der Waals surface area contributed by atoms with Gasteiger partial charge in [0.2, 0.25) is 0 Å². The molecule has 0 aliphatic carbocycles. The molecule has 0 fully saturated rings. The first kappa shape index (κ1) is 6.73. The Morgan fingerprint density at radius 2 is 2.45 bits per heavy atom. The molecule has 0 atom stereocenters. The van der Waals surface area contributed by atoms with E-state index < -0.39 is 0 Å². The minimum Gasteiger partial charge on any atom is -0.261 e. The fraction of sp³-hybridized carbons (Fsp3) is 0.250. The van der Waals surface area contributed by atoms with Crippen LogP contribution in [0.15, 0.2) is 18.5 Å². The minimum atomic E-state index is 0.982. The van der Waals surface area contributed by atoms with Crippen LogP contribution in [0.1, 0.15) is 12.6 Å². The topological polar surface area (TPSA) is 25.8 Å². The van der Waals surface area contributed by atoms with E-state index in [-0.39, 0.29) is 0 Å². The van der Waals surface area contributed by atoms with Crippen molar-refractivity contribution in [3.8, 4) is 0 Å². The van der Waals surface area contributed by atoms with Gasteiger partial charge in [0, 0.05) is 11.6 Å². The fourth-order valence-corrected chi connectivity index (χ4v) is 1.79. The summed E-state index contributed by atoms with van der Waals surface area (Å²) in [6.07, 6.45) is 4.72. The second-order valence-corrected chi connectivity index (χ2v) is 3.18. The van der Waals surface area contributed by atoms with E-state index in [1.165, 1.54) is 21.6 Å². The first-order chi connectivity index (χ1) is 5.42. The zero-order valence-corrected chi connectivity index (χ0v) is 7.06. The minimum absolute atomic E-state index is 0.982. The molecule has 0 saturated heterocycles. The average molecular weight is 164 g/mol. The third-order valence-corrected chi connectivity index (χ3v) is 2.46. The molecular formula is C8H8N2S. The number of nitrogens with zero attached hydrogens (tertiary/aromatic N) is 2. The highest BCUT2D eigenvalue weighted by Crippen LogP contribution is 2.19. The molecule has 0 bridgehead atoms. The van der Waals surface area contributed by atoms with Crippen molar-refractivity contribution in [2.24, 2.45) is 0 Å². The lowest BCUT2D eigenvalue weighted by molar-refractivity contribution is 1.06. The summed E-state index contributed by atoms with van der Waals surface area (Å²) in [6.45, 7) is 2.11. The number of aryl methyl sites for hydroxylation is 1. The lowest BCUT2D eigenvalue weighted by atomic mass is 10.2. The second kappa shape index (κ2) is 2.58. The van der Waals surface area contributed by atoms with E-state index in [0.29, 0.717) is 0 Å². The Kier molecular flexibility index (Phi) is 1.58. The summed E-state index contributed by atoms with van der Waals surface area (Å²) in [5.74, 6) is 0. The highest BCUT2D eigenvalue weighted by molar-refractivity contribution is 7.13. The number of fused-ring (bicyclic) bond motifs is 1. The monoisotopic (exact) mass is 164 g/mol. The maximum absolute atomic E-state index is 4.26. The highest BCUT2D eigenvalue weighted by atomic mass is 32.1. The molecule has 3 heteroatoms. The molecule has 2 heterocycles. The summed E-state index contributed by atoms with van der Waals surface area (Å²) in [5, 5.41) is 1.21. The van der Waals surface area contributed by atoms with E-state index in [4.69, 9.17) is 0 Å². The molecule has 0 aliphatic rings. The lowest BCUT2D eigenvalue weighted by Gasteiger charge is -1.94. The van der Waals surface area contributed by atoms with Gasteiger partial charge in [0.15, 0.2) is 0 Å². The van der Waals surface area contributed by atoms with Gasteiger partial charge >= 0.3 is 0 Å². The molecule has 2 rings (SSSR count). The molecule has 0 radical (unpaired) electrons. The second-order valence-electron chi connectivity index (χ2n) is 2.35. The molecular weight excluding hydrogens is 156 g/mol. The van der Waals surface area contributed by atoms with Crippen LogP contribution in [0.4, 0.5) is 0 Å². The first-order valence-corrected chi connectivity index (χ1v) is 4.37. The normalized spacial score (nSPS) is 10.6. The van der Waals surface area contributed by atoms with Gasteiger partial charge in [-0.3, -0.25) is 4.98 Å². The van der Waals surface area contributed by atoms with Gasteiger partial charge in [0.25, 0.3) is 0 Å². The summed E-state index contributed by atoms with van der Waals surface area (Å²) in [7, 11) is 0. The van der Waals surface area contributed by atoms with Crippen LogP contribution in [0.25, 0.3) is 10.1 Å². The maximum atomic E-state index is 4.26. The van der Waals surface area contributed by atoms with Crippen LogP contribution in [0, 0.1) is 0 Å². The van der Waals surface area contributed by atoms with E-state index in [1.807, 2.05) is 18.5 Å². The largest absolute Gasteiger partial charge is 0.261 e. The molecule has 0 aromatic carbocycles. The van der Waals surface area contributed by atoms with Gasteiger partial charge in [0.1, 0.15) is 0 Å². The molecule has 0 N–H and O–H groups in total. The molecule has 0 spiro atoms. The molecule has 2 aromatic rings. The molecule has 2 aromatic heterocycles. The summed E-state index contributed by atoms with van der Waals surface area (Å²) < 4.78 is 5.34. The van der Waals surface area contributed by atoms with Crippen LogP contribution in [0.2, 0.25) is 0 Å². The molecule has 0 aliphatic heterocycles. The van der Waals surface area contributed by atoms with Crippen LogP contribution in [0.5, 0.6) is 0 Å². The zero-order chi connectivity index (χ0) is 7.68. The SMILES string of the molecule is CCc1nccc2sncc12. The van der Waals surface area contributed by atoms with Gasteiger partial charge in [0.05, 0.1) is 16.6 Å². The predicted molar refractivity (Wildman–Crippen MR) is 46.8 cm³/mol. The van der Waals surface area contributed by atoms with Crippen molar-refractivity contribution in [2.75, 3.05) is 0 Å². The number of rotatable bonds is 1. The Morgan fingerprint density at radius 3 is 3.27 bits per heavy atom. The van der Waals surface area contributed by atoms with Crippen LogP contribution in [-0.2, 0) is 6.42 Å². The van der Waals surface area contributed by atoms with Crippen molar-refractivity contribution in [2.45, 2.75) is 13.3 Å². The third-order valence-electron chi connectivity index (χ3n) is 1.70. The summed E-state index contributed by atoms with van der Waals surface area (Å²) in [4.78, 5) is 4.26. The Bertz CT molecular complexity index is 367. The summed E-state index contributed by atoms with van der Waals surface area (Å²) >= 11 is 1.53. The summed E-state index contributed by atoms with van der Waals surface area (Å²) in [5.41, 5.74) is 1.15. The van der Waals surface area contributed by atoms with Gasteiger partial charge in [-0.05, 0) is 24.0 Å². The Hall–Kier alpha value is -0.960. The van der Waals surface area contributed by atoms with E-state index in [1.54, 1.807) is 0 Å². The van der Waals surface area contributed by atoms with E-state index in [0.717, 1.165) is 12.1 Å². The molecule has 0 saturated carbocycles. The van der Waals surface area contributed by atoms with Crippen molar-refractivity contribution in [3.63, 3.8) is 0 Å². The molecule has 56 valence electrons. The van der Waals surface area contributed by atoms with Crippen molar-refractivity contribution in [1.29, 1.82) is 0 Å². The van der Waals surface area contributed by atoms with Crippen molar-refractivity contribution >= 4 is 21.6 Å². The zero-order valence-electron chi connectivity index (χ0n) is 6.24. The lowest BCUT2D eigenvalue weighted by Crippen LogP contribution is -1.84. The van der Waals surface area contributed by atoms with Crippen LogP contribution in [-0.4, -0.2) is 9.36 Å². The number of aromatic nitrogens is 2. The van der Waals surface area contributed by atoms with Crippen LogP contribution < -0.4 is 0 Å². The average Bonchev–Trinajstić information content (AvgIpc) is 2.50. The standard InChI is InChI=1S/C8H8N2S/c1-2-7-6-5-10-11-8(6)3-4-9-7/h3-5H,2H2,1H3. The van der Waals surface area contributed by atoms with Crippen LogP contribution in [0.3, 0.4) is 0 Å². The van der Waals surface area contributed by atoms with Crippen molar-refractivity contribution in [3.05, 3.63) is 24.2 Å². The predicted octanol–water partition coefficient (Wildman–Crippen LogP) is 2.25. The maximum Gasteiger partial charge on any atom is 0.0583 e.